The molecule has 2 fully saturated rings. The van der Waals surface area contributed by atoms with Crippen molar-refractivity contribution >= 4 is 17.5 Å². The summed E-state index contributed by atoms with van der Waals surface area (Å²) in [5.74, 6) is -0.141. The van der Waals surface area contributed by atoms with Gasteiger partial charge in [-0.05, 0) is 62.5 Å². The summed E-state index contributed by atoms with van der Waals surface area (Å²) in [6, 6.07) is 0. The first-order valence-corrected chi connectivity index (χ1v) is 11.5. The van der Waals surface area contributed by atoms with Gasteiger partial charge in [-0.15, -0.1) is 0 Å². The molecule has 2 saturated carbocycles. The van der Waals surface area contributed by atoms with Crippen LogP contribution in [-0.4, -0.2) is 23.6 Å². The molecule has 0 saturated heterocycles. The molecule has 5 aliphatic rings. The highest BCUT2D eigenvalue weighted by Crippen LogP contribution is 2.70. The topological polar surface area (TPSA) is 60.4 Å². The molecular weight excluding hydrogens is 376 g/mol. The van der Waals surface area contributed by atoms with E-state index in [9.17, 15) is 14.4 Å². The first-order chi connectivity index (χ1) is 14.1. The van der Waals surface area contributed by atoms with E-state index in [0.29, 0.717) is 25.0 Å². The fraction of sp³-hybridized carbons (Fsp3) is 0.654. The van der Waals surface area contributed by atoms with Gasteiger partial charge in [0, 0.05) is 24.7 Å². The minimum atomic E-state index is -0.504. The zero-order chi connectivity index (χ0) is 21.5. The van der Waals surface area contributed by atoms with Gasteiger partial charge in [-0.1, -0.05) is 37.1 Å². The zero-order valence-electron chi connectivity index (χ0n) is 18.6. The molecule has 0 bridgehead atoms. The molecule has 0 aliphatic heterocycles. The molecule has 4 heteroatoms. The molecule has 30 heavy (non-hydrogen) atoms. The average molecular weight is 409 g/mol. The summed E-state index contributed by atoms with van der Waals surface area (Å²) in [7, 11) is 0. The van der Waals surface area contributed by atoms with Crippen molar-refractivity contribution in [2.45, 2.75) is 85.2 Å². The van der Waals surface area contributed by atoms with Gasteiger partial charge in [-0.25, -0.2) is 0 Å². The summed E-state index contributed by atoms with van der Waals surface area (Å²) in [5, 5.41) is 0. The maximum absolute atomic E-state index is 13.3. The maximum Gasteiger partial charge on any atom is 0.317 e. The van der Waals surface area contributed by atoms with E-state index in [4.69, 9.17) is 4.74 Å². The third-order valence-corrected chi connectivity index (χ3v) is 8.94. The highest BCUT2D eigenvalue weighted by molar-refractivity contribution is 5.96. The summed E-state index contributed by atoms with van der Waals surface area (Å²) in [4.78, 5) is 38.8. The third kappa shape index (κ3) is 2.37. The second-order valence-electron chi connectivity index (χ2n) is 10.8. The van der Waals surface area contributed by atoms with Crippen LogP contribution in [0, 0.1) is 22.2 Å². The van der Waals surface area contributed by atoms with Crippen LogP contribution in [0.5, 0.6) is 0 Å². The summed E-state index contributed by atoms with van der Waals surface area (Å²) < 4.78 is 5.67. The number of allylic oxidation sites excluding steroid dienone is 4. The Balaban J connectivity index is 1.69. The van der Waals surface area contributed by atoms with Gasteiger partial charge in [0.2, 0.25) is 0 Å². The van der Waals surface area contributed by atoms with Gasteiger partial charge in [0.1, 0.15) is 17.5 Å². The first kappa shape index (κ1) is 20.0. The highest BCUT2D eigenvalue weighted by atomic mass is 16.5. The van der Waals surface area contributed by atoms with Crippen LogP contribution >= 0.6 is 0 Å². The Kier molecular flexibility index (Phi) is 4.17. The van der Waals surface area contributed by atoms with Crippen molar-refractivity contribution in [3.8, 4) is 0 Å². The standard InChI is InChI=1S/C26H32O4/c1-15(2)30-23(29)18-14-16-13-17(27)5-11-25(16,4)19-7-12-26-20(22(18)19)6-9-24(26,3)10-8-21(26)28/h6,14-15,18H,5,7-13H2,1-4H3/t18-,24+,25?,26-/m1/s1. The van der Waals surface area contributed by atoms with Gasteiger partial charge < -0.3 is 4.74 Å². The Labute approximate surface area is 178 Å². The Morgan fingerprint density at radius 2 is 1.87 bits per heavy atom. The molecule has 5 rings (SSSR count). The van der Waals surface area contributed by atoms with E-state index < -0.39 is 11.3 Å². The van der Waals surface area contributed by atoms with Crippen molar-refractivity contribution in [2.24, 2.45) is 22.2 Å². The lowest BCUT2D eigenvalue weighted by atomic mass is 9.51. The number of esters is 1. The van der Waals surface area contributed by atoms with Gasteiger partial charge >= 0.3 is 5.97 Å². The molecule has 0 amide bonds. The number of ether oxygens (including phenoxy) is 1. The van der Waals surface area contributed by atoms with Crippen LogP contribution in [-0.2, 0) is 19.1 Å². The smallest absolute Gasteiger partial charge is 0.317 e. The van der Waals surface area contributed by atoms with E-state index in [2.05, 4.69) is 19.9 Å². The fourth-order valence-electron chi connectivity index (χ4n) is 7.27. The third-order valence-electron chi connectivity index (χ3n) is 8.94. The van der Waals surface area contributed by atoms with E-state index in [1.54, 1.807) is 0 Å². The van der Waals surface area contributed by atoms with Crippen molar-refractivity contribution in [3.05, 3.63) is 34.4 Å². The molecule has 0 aromatic rings. The van der Waals surface area contributed by atoms with Crippen LogP contribution in [0.1, 0.15) is 79.1 Å². The van der Waals surface area contributed by atoms with E-state index in [1.165, 1.54) is 5.57 Å². The molecule has 1 spiro atoms. The second kappa shape index (κ2) is 6.27. The van der Waals surface area contributed by atoms with Crippen molar-refractivity contribution in [2.75, 3.05) is 0 Å². The molecule has 0 heterocycles. The van der Waals surface area contributed by atoms with Crippen molar-refractivity contribution in [1.29, 1.82) is 0 Å². The predicted molar refractivity (Wildman–Crippen MR) is 114 cm³/mol. The predicted octanol–water partition coefficient (Wildman–Crippen LogP) is 5.03. The maximum atomic E-state index is 13.3. The molecule has 0 aromatic heterocycles. The van der Waals surface area contributed by atoms with E-state index in [1.807, 2.05) is 19.9 Å². The molecule has 0 N–H and O–H groups in total. The minimum Gasteiger partial charge on any atom is -0.462 e. The van der Waals surface area contributed by atoms with Crippen molar-refractivity contribution in [3.63, 3.8) is 0 Å². The van der Waals surface area contributed by atoms with Crippen molar-refractivity contribution < 1.29 is 19.1 Å². The number of carbonyl (C=O) groups excluding carboxylic acids is 3. The Morgan fingerprint density at radius 1 is 1.10 bits per heavy atom. The molecule has 5 aliphatic carbocycles. The van der Waals surface area contributed by atoms with Gasteiger partial charge in [0.25, 0.3) is 0 Å². The molecular formula is C26H32O4. The number of ketones is 2. The summed E-state index contributed by atoms with van der Waals surface area (Å²) in [6.07, 6.45) is 10.1. The van der Waals surface area contributed by atoms with Crippen LogP contribution in [0.15, 0.2) is 34.4 Å². The SMILES string of the molecule is CC(C)OC(=O)[C@@H]1C=C2CC(=O)CCC2(C)C2=C1C1=CC[C@@]3(C)CCC(=O)[C@@]13CC2. The monoisotopic (exact) mass is 408 g/mol. The number of hydrogen-bond donors (Lipinski definition) is 0. The Morgan fingerprint density at radius 3 is 2.60 bits per heavy atom. The zero-order valence-corrected chi connectivity index (χ0v) is 18.6. The van der Waals surface area contributed by atoms with Gasteiger partial charge in [-0.3, -0.25) is 14.4 Å². The summed E-state index contributed by atoms with van der Waals surface area (Å²) in [5.41, 5.74) is 3.91. The second-order valence-corrected chi connectivity index (χ2v) is 10.8. The van der Waals surface area contributed by atoms with E-state index in [-0.39, 0.29) is 28.7 Å². The normalized spacial score (nSPS) is 39.8. The molecule has 160 valence electrons. The van der Waals surface area contributed by atoms with Crippen LogP contribution in [0.2, 0.25) is 0 Å². The van der Waals surface area contributed by atoms with Crippen LogP contribution in [0.3, 0.4) is 0 Å². The van der Waals surface area contributed by atoms with Crippen molar-refractivity contribution in [1.82, 2.24) is 0 Å². The molecule has 1 unspecified atom stereocenters. The molecule has 0 aromatic carbocycles. The number of Topliss-reactive ketones (excluding diaryl/α,β-unsaturated/α-hetero) is 2. The fourth-order valence-corrected chi connectivity index (χ4v) is 7.27. The lowest BCUT2D eigenvalue weighted by Crippen LogP contribution is -2.46. The van der Waals surface area contributed by atoms with E-state index in [0.717, 1.165) is 48.8 Å². The molecule has 4 nitrogen and oxygen atoms in total. The highest BCUT2D eigenvalue weighted by Gasteiger charge is 2.65. The minimum absolute atomic E-state index is 0.0299. The lowest BCUT2D eigenvalue weighted by Gasteiger charge is -2.51. The van der Waals surface area contributed by atoms with Gasteiger partial charge in [0.05, 0.1) is 11.5 Å². The van der Waals surface area contributed by atoms with Gasteiger partial charge in [-0.2, -0.15) is 0 Å². The Hall–Kier alpha value is -1.97. The summed E-state index contributed by atoms with van der Waals surface area (Å²) >= 11 is 0. The average Bonchev–Trinajstić information content (AvgIpc) is 3.11. The number of hydrogen-bond acceptors (Lipinski definition) is 4. The quantitative estimate of drug-likeness (QED) is 0.475. The van der Waals surface area contributed by atoms with Gasteiger partial charge in [0.15, 0.2) is 0 Å². The largest absolute Gasteiger partial charge is 0.462 e. The lowest BCUT2D eigenvalue weighted by molar-refractivity contribution is -0.149. The number of carbonyl (C=O) groups is 3. The number of fused-ring (bicyclic) bond motifs is 3. The Bertz CT molecular complexity index is 964. The first-order valence-electron chi connectivity index (χ1n) is 11.5. The molecule has 4 atom stereocenters. The van der Waals surface area contributed by atoms with Crippen LogP contribution < -0.4 is 0 Å². The van der Waals surface area contributed by atoms with E-state index >= 15 is 0 Å². The summed E-state index contributed by atoms with van der Waals surface area (Å²) in [6.45, 7) is 8.24. The van der Waals surface area contributed by atoms with Crippen LogP contribution in [0.25, 0.3) is 0 Å². The number of rotatable bonds is 2. The van der Waals surface area contributed by atoms with Crippen LogP contribution in [0.4, 0.5) is 0 Å². The molecule has 0 radical (unpaired) electrons.